The van der Waals surface area contributed by atoms with Gasteiger partial charge in [-0.05, 0) is 42.0 Å². The molecule has 0 radical (unpaired) electrons. The first kappa shape index (κ1) is 23.6. The minimum absolute atomic E-state index is 0.166. The largest absolute Gasteiger partial charge is 0.351 e. The molecule has 2 rings (SSSR count). The third kappa shape index (κ3) is 7.26. The molecule has 0 aliphatic carbocycles. The van der Waals surface area contributed by atoms with Crippen LogP contribution in [0.5, 0.6) is 0 Å². The smallest absolute Gasteiger partial charge is 0.251 e. The third-order valence-electron chi connectivity index (χ3n) is 3.92. The maximum absolute atomic E-state index is 12.3. The number of carbonyl (C=O) groups excluding carboxylic acids is 1. The average Bonchev–Trinajstić information content (AvgIpc) is 2.66. The van der Waals surface area contributed by atoms with E-state index >= 15 is 0 Å². The molecule has 0 saturated heterocycles. The van der Waals surface area contributed by atoms with E-state index in [0.717, 1.165) is 23.3 Å². The van der Waals surface area contributed by atoms with E-state index in [1.54, 1.807) is 48.2 Å². The molecule has 5 nitrogen and oxygen atoms in total. The molecule has 0 atom stereocenters. The Bertz CT molecular complexity index is 964. The molecule has 0 spiro atoms. The summed E-state index contributed by atoms with van der Waals surface area (Å²) in [6.45, 7) is 4.24. The Labute approximate surface area is 186 Å². The number of thioether (sulfide) groups is 1. The molecule has 9 heteroatoms. The molecule has 0 aliphatic rings. The van der Waals surface area contributed by atoms with Crippen molar-refractivity contribution in [2.24, 2.45) is 0 Å². The van der Waals surface area contributed by atoms with Gasteiger partial charge >= 0.3 is 0 Å². The summed E-state index contributed by atoms with van der Waals surface area (Å²) < 4.78 is 25.0. The molecule has 1 amide bonds. The molecule has 2 aromatic carbocycles. The summed E-state index contributed by atoms with van der Waals surface area (Å²) in [7, 11) is -3.42. The van der Waals surface area contributed by atoms with E-state index in [1.165, 1.54) is 10.4 Å². The Morgan fingerprint density at radius 2 is 1.90 bits per heavy atom. The second-order valence-corrected chi connectivity index (χ2v) is 10.0. The lowest BCUT2D eigenvalue weighted by Crippen LogP contribution is -2.30. The second-order valence-electron chi connectivity index (χ2n) is 6.17. The van der Waals surface area contributed by atoms with Crippen molar-refractivity contribution >= 4 is 56.6 Å². The lowest BCUT2D eigenvalue weighted by Gasteiger charge is -2.20. The Kier molecular flexibility index (Phi) is 8.89. The predicted molar refractivity (Wildman–Crippen MR) is 124 cm³/mol. The van der Waals surface area contributed by atoms with Gasteiger partial charge in [0.1, 0.15) is 0 Å². The molecule has 0 unspecified atom stereocenters. The van der Waals surface area contributed by atoms with E-state index in [0.29, 0.717) is 27.8 Å². The molecule has 1 N–H and O–H groups in total. The molecule has 29 heavy (non-hydrogen) atoms. The zero-order chi connectivity index (χ0) is 21.4. The van der Waals surface area contributed by atoms with Crippen molar-refractivity contribution in [2.45, 2.75) is 5.75 Å². The molecular weight excluding hydrogens is 451 g/mol. The van der Waals surface area contributed by atoms with Crippen molar-refractivity contribution < 1.29 is 13.2 Å². The summed E-state index contributed by atoms with van der Waals surface area (Å²) in [5.74, 6) is 1.24. The van der Waals surface area contributed by atoms with Crippen LogP contribution in [0.2, 0.25) is 10.0 Å². The number of hydrogen-bond donors (Lipinski definition) is 1. The summed E-state index contributed by atoms with van der Waals surface area (Å²) in [5, 5.41) is 4.09. The number of nitrogens with one attached hydrogen (secondary N) is 1. The van der Waals surface area contributed by atoms with Crippen LogP contribution in [0.3, 0.4) is 0 Å². The zero-order valence-electron chi connectivity index (χ0n) is 15.9. The number of carbonyl (C=O) groups is 1. The first-order valence-electron chi connectivity index (χ1n) is 8.71. The monoisotopic (exact) mass is 472 g/mol. The normalized spacial score (nSPS) is 11.1. The molecule has 0 heterocycles. The van der Waals surface area contributed by atoms with Gasteiger partial charge in [0.15, 0.2) is 0 Å². The van der Waals surface area contributed by atoms with Gasteiger partial charge in [0, 0.05) is 33.7 Å². The van der Waals surface area contributed by atoms with Crippen molar-refractivity contribution in [1.82, 2.24) is 5.32 Å². The summed E-state index contributed by atoms with van der Waals surface area (Å²) in [6.07, 6.45) is 2.64. The first-order valence-corrected chi connectivity index (χ1v) is 12.5. The second kappa shape index (κ2) is 10.9. The predicted octanol–water partition coefficient (Wildman–Crippen LogP) is 4.61. The summed E-state index contributed by atoms with van der Waals surface area (Å²) in [6, 6.07) is 11.8. The topological polar surface area (TPSA) is 66.5 Å². The van der Waals surface area contributed by atoms with Gasteiger partial charge in [-0.2, -0.15) is 11.8 Å². The number of hydrogen-bond acceptors (Lipinski definition) is 4. The van der Waals surface area contributed by atoms with Gasteiger partial charge in [-0.25, -0.2) is 8.42 Å². The SMILES string of the molecule is C=CCN(c1ccc(C(=O)NCCSCc2ccc(Cl)cc2Cl)cc1)S(C)(=O)=O. The lowest BCUT2D eigenvalue weighted by molar-refractivity contribution is 0.0956. The van der Waals surface area contributed by atoms with Crippen molar-refractivity contribution in [2.75, 3.05) is 29.4 Å². The molecule has 0 saturated carbocycles. The van der Waals surface area contributed by atoms with Crippen LogP contribution >= 0.6 is 35.0 Å². The minimum atomic E-state index is -3.42. The van der Waals surface area contributed by atoms with Crippen LogP contribution in [-0.2, 0) is 15.8 Å². The van der Waals surface area contributed by atoms with Crippen LogP contribution in [0.4, 0.5) is 5.69 Å². The molecule has 0 aromatic heterocycles. The molecule has 0 aliphatic heterocycles. The minimum Gasteiger partial charge on any atom is -0.351 e. The van der Waals surface area contributed by atoms with Gasteiger partial charge in [0.2, 0.25) is 10.0 Å². The quantitative estimate of drug-likeness (QED) is 0.404. The van der Waals surface area contributed by atoms with Gasteiger partial charge in [-0.3, -0.25) is 9.10 Å². The molecular formula is C20H22Cl2N2O3S2. The van der Waals surface area contributed by atoms with Gasteiger partial charge in [-0.1, -0.05) is 35.3 Å². The Balaban J connectivity index is 1.84. The van der Waals surface area contributed by atoms with Crippen molar-refractivity contribution in [3.05, 3.63) is 76.3 Å². The van der Waals surface area contributed by atoms with E-state index in [2.05, 4.69) is 11.9 Å². The standard InChI is InChI=1S/C20H22Cl2N2O3S2/c1-3-11-24(29(2,26)27)18-8-5-15(6-9-18)20(25)23-10-12-28-14-16-4-7-17(21)13-19(16)22/h3-9,13H,1,10-12,14H2,2H3,(H,23,25). The molecule has 0 fully saturated rings. The Morgan fingerprint density at radius 1 is 1.21 bits per heavy atom. The Morgan fingerprint density at radius 3 is 2.48 bits per heavy atom. The zero-order valence-corrected chi connectivity index (χ0v) is 19.0. The third-order valence-corrected chi connectivity index (χ3v) is 6.67. The molecule has 156 valence electrons. The average molecular weight is 473 g/mol. The highest BCUT2D eigenvalue weighted by molar-refractivity contribution is 7.98. The van der Waals surface area contributed by atoms with E-state index in [4.69, 9.17) is 23.2 Å². The van der Waals surface area contributed by atoms with Gasteiger partial charge < -0.3 is 5.32 Å². The fourth-order valence-corrected chi connectivity index (χ4v) is 4.79. The summed E-state index contributed by atoms with van der Waals surface area (Å²) in [5.41, 5.74) is 1.95. The maximum Gasteiger partial charge on any atom is 0.251 e. The van der Waals surface area contributed by atoms with Crippen molar-refractivity contribution in [3.63, 3.8) is 0 Å². The molecule has 2 aromatic rings. The van der Waals surface area contributed by atoms with Crippen LogP contribution in [0.15, 0.2) is 55.1 Å². The lowest BCUT2D eigenvalue weighted by atomic mass is 10.2. The summed E-state index contributed by atoms with van der Waals surface area (Å²) >= 11 is 13.7. The number of sulfonamides is 1. The van der Waals surface area contributed by atoms with Gasteiger partial charge in [0.25, 0.3) is 5.91 Å². The highest BCUT2D eigenvalue weighted by Gasteiger charge is 2.16. The van der Waals surface area contributed by atoms with Crippen molar-refractivity contribution in [1.29, 1.82) is 0 Å². The number of amides is 1. The first-order chi connectivity index (χ1) is 13.7. The van der Waals surface area contributed by atoms with Crippen LogP contribution in [0.1, 0.15) is 15.9 Å². The van der Waals surface area contributed by atoms with E-state index in [1.807, 2.05) is 6.07 Å². The summed E-state index contributed by atoms with van der Waals surface area (Å²) in [4.78, 5) is 12.3. The van der Waals surface area contributed by atoms with Crippen molar-refractivity contribution in [3.8, 4) is 0 Å². The van der Waals surface area contributed by atoms with Crippen LogP contribution in [0, 0.1) is 0 Å². The Hall–Kier alpha value is -1.67. The number of halogens is 2. The fraction of sp³-hybridized carbons (Fsp3) is 0.250. The highest BCUT2D eigenvalue weighted by atomic mass is 35.5. The van der Waals surface area contributed by atoms with Crippen LogP contribution in [0.25, 0.3) is 0 Å². The number of nitrogens with zero attached hydrogens (tertiary/aromatic N) is 1. The number of anilines is 1. The van der Waals surface area contributed by atoms with E-state index in [9.17, 15) is 13.2 Å². The van der Waals surface area contributed by atoms with Crippen LogP contribution in [-0.4, -0.2) is 39.4 Å². The fourth-order valence-electron chi connectivity index (χ4n) is 2.49. The highest BCUT2D eigenvalue weighted by Crippen LogP contribution is 2.24. The van der Waals surface area contributed by atoms with Gasteiger partial charge in [-0.15, -0.1) is 6.58 Å². The molecule has 0 bridgehead atoms. The van der Waals surface area contributed by atoms with E-state index < -0.39 is 10.0 Å². The van der Waals surface area contributed by atoms with E-state index in [-0.39, 0.29) is 12.5 Å². The number of benzene rings is 2. The van der Waals surface area contributed by atoms with Gasteiger partial charge in [0.05, 0.1) is 18.5 Å². The van der Waals surface area contributed by atoms with Crippen LogP contribution < -0.4 is 9.62 Å². The maximum atomic E-state index is 12.3. The number of rotatable bonds is 10.